The lowest BCUT2D eigenvalue weighted by molar-refractivity contribution is 0.0269. The Morgan fingerprint density at radius 2 is 2.00 bits per heavy atom. The summed E-state index contributed by atoms with van der Waals surface area (Å²) in [6.45, 7) is 1.39. The molecule has 1 atom stereocenters. The molecule has 0 aliphatic carbocycles. The Kier molecular flexibility index (Phi) is 4.77. The number of aromatic amines is 1. The van der Waals surface area contributed by atoms with Gasteiger partial charge in [0.15, 0.2) is 0 Å². The second kappa shape index (κ2) is 7.37. The topological polar surface area (TPSA) is 62.4 Å². The van der Waals surface area contributed by atoms with Crippen LogP contribution in [0.2, 0.25) is 0 Å². The first-order valence-corrected chi connectivity index (χ1v) is 9.19. The van der Waals surface area contributed by atoms with Gasteiger partial charge in [-0.2, -0.15) is 0 Å². The van der Waals surface area contributed by atoms with Gasteiger partial charge in [0.25, 0.3) is 11.5 Å². The quantitative estimate of drug-likeness (QED) is 0.776. The number of nitrogens with one attached hydrogen (secondary N) is 1. The number of hydrogen-bond acceptors (Lipinski definition) is 3. The maximum atomic E-state index is 12.9. The molecule has 1 unspecified atom stereocenters. The van der Waals surface area contributed by atoms with Gasteiger partial charge in [0.2, 0.25) is 0 Å². The molecule has 0 saturated carbocycles. The van der Waals surface area contributed by atoms with Gasteiger partial charge in [-0.1, -0.05) is 24.3 Å². The van der Waals surface area contributed by atoms with Crippen LogP contribution >= 0.6 is 0 Å². The molecule has 0 spiro atoms. The molecule has 1 amide bonds. The molecule has 4 rings (SSSR count). The molecule has 0 bridgehead atoms. The van der Waals surface area contributed by atoms with Gasteiger partial charge in [0.05, 0.1) is 6.10 Å². The number of ether oxygens (including phenoxy) is 1. The van der Waals surface area contributed by atoms with Crippen molar-refractivity contribution in [1.29, 1.82) is 0 Å². The number of fused-ring (bicyclic) bond motifs is 1. The van der Waals surface area contributed by atoms with Crippen LogP contribution in [0.25, 0.3) is 21.9 Å². The number of pyridine rings is 1. The van der Waals surface area contributed by atoms with Crippen LogP contribution in [-0.4, -0.2) is 42.1 Å². The first-order valence-electron chi connectivity index (χ1n) is 9.19. The fraction of sp³-hybridized carbons (Fsp3) is 0.273. The van der Waals surface area contributed by atoms with E-state index in [1.54, 1.807) is 13.3 Å². The van der Waals surface area contributed by atoms with Crippen molar-refractivity contribution in [3.63, 3.8) is 0 Å². The Bertz CT molecular complexity index is 1040. The number of amides is 1. The molecule has 27 heavy (non-hydrogen) atoms. The first kappa shape index (κ1) is 17.5. The third kappa shape index (κ3) is 3.51. The molecular weight excluding hydrogens is 340 g/mol. The van der Waals surface area contributed by atoms with Crippen molar-refractivity contribution in [1.82, 2.24) is 9.88 Å². The van der Waals surface area contributed by atoms with Gasteiger partial charge in [-0.05, 0) is 53.6 Å². The van der Waals surface area contributed by atoms with Crippen molar-refractivity contribution < 1.29 is 9.53 Å². The van der Waals surface area contributed by atoms with Crippen LogP contribution < -0.4 is 5.56 Å². The van der Waals surface area contributed by atoms with Gasteiger partial charge in [-0.15, -0.1) is 0 Å². The predicted molar refractivity (Wildman–Crippen MR) is 106 cm³/mol. The molecule has 5 nitrogen and oxygen atoms in total. The van der Waals surface area contributed by atoms with Crippen molar-refractivity contribution in [2.24, 2.45) is 0 Å². The summed E-state index contributed by atoms with van der Waals surface area (Å²) >= 11 is 0. The summed E-state index contributed by atoms with van der Waals surface area (Å²) in [5.41, 5.74) is 2.39. The largest absolute Gasteiger partial charge is 0.380 e. The fourth-order valence-electron chi connectivity index (χ4n) is 3.69. The molecule has 138 valence electrons. The smallest absolute Gasteiger partial charge is 0.255 e. The second-order valence-corrected chi connectivity index (χ2v) is 6.94. The Labute approximate surface area is 157 Å². The lowest BCUT2D eigenvalue weighted by Crippen LogP contribution is -2.42. The Hall–Kier alpha value is -2.92. The fourth-order valence-corrected chi connectivity index (χ4v) is 3.69. The highest BCUT2D eigenvalue weighted by atomic mass is 16.5. The number of carbonyl (C=O) groups is 1. The summed E-state index contributed by atoms with van der Waals surface area (Å²) in [7, 11) is 1.70. The highest BCUT2D eigenvalue weighted by Crippen LogP contribution is 2.25. The van der Waals surface area contributed by atoms with Crippen LogP contribution in [0.4, 0.5) is 0 Å². The van der Waals surface area contributed by atoms with Crippen molar-refractivity contribution in [3.05, 3.63) is 70.6 Å². The molecule has 1 fully saturated rings. The summed E-state index contributed by atoms with van der Waals surface area (Å²) in [4.78, 5) is 29.6. The number of piperidine rings is 1. The minimum atomic E-state index is -0.111. The molecular formula is C22H22N2O3. The van der Waals surface area contributed by atoms with Crippen molar-refractivity contribution in [3.8, 4) is 11.1 Å². The van der Waals surface area contributed by atoms with E-state index in [0.29, 0.717) is 17.5 Å². The minimum Gasteiger partial charge on any atom is -0.380 e. The number of rotatable bonds is 3. The summed E-state index contributed by atoms with van der Waals surface area (Å²) in [5, 5.41) is 1.54. The summed E-state index contributed by atoms with van der Waals surface area (Å²) in [6.07, 6.45) is 3.71. The van der Waals surface area contributed by atoms with Gasteiger partial charge >= 0.3 is 0 Å². The van der Waals surface area contributed by atoms with Gasteiger partial charge < -0.3 is 14.6 Å². The highest BCUT2D eigenvalue weighted by molar-refractivity contribution is 5.96. The van der Waals surface area contributed by atoms with Crippen LogP contribution in [-0.2, 0) is 4.74 Å². The van der Waals surface area contributed by atoms with Crippen LogP contribution in [0.3, 0.4) is 0 Å². The molecule has 2 heterocycles. The number of H-pyrrole nitrogens is 1. The Morgan fingerprint density at radius 3 is 2.85 bits per heavy atom. The van der Waals surface area contributed by atoms with E-state index in [4.69, 9.17) is 4.74 Å². The molecule has 3 aromatic rings. The first-order chi connectivity index (χ1) is 13.2. The lowest BCUT2D eigenvalue weighted by Gasteiger charge is -2.32. The Balaban J connectivity index is 1.65. The molecule has 1 N–H and O–H groups in total. The normalized spacial score (nSPS) is 17.2. The zero-order valence-corrected chi connectivity index (χ0v) is 15.3. The average molecular weight is 362 g/mol. The maximum Gasteiger partial charge on any atom is 0.255 e. The number of likely N-dealkylation sites (tertiary alicyclic amines) is 1. The van der Waals surface area contributed by atoms with Gasteiger partial charge in [0, 0.05) is 37.3 Å². The van der Waals surface area contributed by atoms with Crippen LogP contribution in [0, 0.1) is 0 Å². The number of carbonyl (C=O) groups excluding carboxylic acids is 1. The molecule has 1 aliphatic rings. The zero-order valence-electron chi connectivity index (χ0n) is 15.3. The SMILES string of the molecule is COC1CCCN(C(=O)c2cccc(-c3ccc4cc[nH]c(=O)c4c3)c2)C1. The van der Waals surface area contributed by atoms with Crippen LogP contribution in [0.1, 0.15) is 23.2 Å². The van der Waals surface area contributed by atoms with E-state index < -0.39 is 0 Å². The van der Waals surface area contributed by atoms with E-state index in [0.717, 1.165) is 35.9 Å². The van der Waals surface area contributed by atoms with Gasteiger partial charge in [0.1, 0.15) is 0 Å². The number of methoxy groups -OCH3 is 1. The standard InChI is InChI=1S/C22H22N2O3/c1-27-19-6-3-11-24(14-19)22(26)18-5-2-4-16(12-18)17-8-7-15-9-10-23-21(25)20(15)13-17/h2,4-5,7-10,12-13,19H,3,6,11,14H2,1H3,(H,23,25). The number of nitrogens with zero attached hydrogens (tertiary/aromatic N) is 1. The zero-order chi connectivity index (χ0) is 18.8. The molecule has 2 aromatic carbocycles. The Morgan fingerprint density at radius 1 is 1.15 bits per heavy atom. The van der Waals surface area contributed by atoms with Crippen molar-refractivity contribution in [2.75, 3.05) is 20.2 Å². The monoisotopic (exact) mass is 362 g/mol. The van der Waals surface area contributed by atoms with E-state index in [9.17, 15) is 9.59 Å². The van der Waals surface area contributed by atoms with Crippen molar-refractivity contribution >= 4 is 16.7 Å². The maximum absolute atomic E-state index is 12.9. The molecule has 0 radical (unpaired) electrons. The third-order valence-electron chi connectivity index (χ3n) is 5.22. The number of aromatic nitrogens is 1. The molecule has 5 heteroatoms. The summed E-state index contributed by atoms with van der Waals surface area (Å²) in [6, 6.07) is 15.3. The average Bonchev–Trinajstić information content (AvgIpc) is 2.73. The summed E-state index contributed by atoms with van der Waals surface area (Å²) in [5.74, 6) is 0.0252. The summed E-state index contributed by atoms with van der Waals surface area (Å²) < 4.78 is 5.43. The lowest BCUT2D eigenvalue weighted by atomic mass is 9.99. The molecule has 1 saturated heterocycles. The van der Waals surface area contributed by atoms with E-state index in [2.05, 4.69) is 4.98 Å². The third-order valence-corrected chi connectivity index (χ3v) is 5.22. The van der Waals surface area contributed by atoms with Crippen LogP contribution in [0.15, 0.2) is 59.5 Å². The van der Waals surface area contributed by atoms with Gasteiger partial charge in [-0.3, -0.25) is 9.59 Å². The van der Waals surface area contributed by atoms with E-state index in [1.165, 1.54) is 0 Å². The van der Waals surface area contributed by atoms with E-state index >= 15 is 0 Å². The highest BCUT2D eigenvalue weighted by Gasteiger charge is 2.24. The predicted octanol–water partition coefficient (Wildman–Crippen LogP) is 3.45. The van der Waals surface area contributed by atoms with Crippen LogP contribution in [0.5, 0.6) is 0 Å². The minimum absolute atomic E-state index is 0.0252. The number of hydrogen-bond donors (Lipinski definition) is 1. The van der Waals surface area contributed by atoms with Crippen molar-refractivity contribution in [2.45, 2.75) is 18.9 Å². The molecule has 1 aromatic heterocycles. The van der Waals surface area contributed by atoms with E-state index in [1.807, 2.05) is 53.4 Å². The molecule has 1 aliphatic heterocycles. The van der Waals surface area contributed by atoms with E-state index in [-0.39, 0.29) is 17.6 Å². The number of benzene rings is 2. The second-order valence-electron chi connectivity index (χ2n) is 6.94. The van der Waals surface area contributed by atoms with Gasteiger partial charge in [-0.25, -0.2) is 0 Å².